The van der Waals surface area contributed by atoms with Gasteiger partial charge in [0, 0.05) is 12.6 Å². The van der Waals surface area contributed by atoms with Crippen molar-refractivity contribution in [1.29, 1.82) is 0 Å². The van der Waals surface area contributed by atoms with Crippen LogP contribution in [0.15, 0.2) is 6.07 Å². The van der Waals surface area contributed by atoms with Gasteiger partial charge in [-0.3, -0.25) is 0 Å². The van der Waals surface area contributed by atoms with Crippen LogP contribution in [0.1, 0.15) is 6.42 Å². The Balaban J connectivity index is 2.15. The van der Waals surface area contributed by atoms with Crippen molar-refractivity contribution in [2.75, 3.05) is 30.9 Å². The van der Waals surface area contributed by atoms with E-state index < -0.39 is 0 Å². The maximum atomic E-state index is 6.08. The lowest BCUT2D eigenvalue weighted by Gasteiger charge is -2.15. The third kappa shape index (κ3) is 2.93. The van der Waals surface area contributed by atoms with Crippen LogP contribution in [-0.4, -0.2) is 36.1 Å². The van der Waals surface area contributed by atoms with Crippen molar-refractivity contribution in [3.05, 3.63) is 16.1 Å². The molecule has 1 saturated heterocycles. The second-order valence-corrected chi connectivity index (χ2v) is 5.00. The van der Waals surface area contributed by atoms with E-state index in [-0.39, 0.29) is 0 Å². The molecule has 1 aliphatic heterocycles. The summed E-state index contributed by atoms with van der Waals surface area (Å²) < 4.78 is 0. The molecule has 2 rings (SSSR count). The minimum atomic E-state index is 0.358. The first-order valence-electron chi connectivity index (χ1n) is 5.38. The van der Waals surface area contributed by atoms with E-state index in [2.05, 4.69) is 27.7 Å². The van der Waals surface area contributed by atoms with Gasteiger partial charge in [-0.05, 0) is 26.1 Å². The fourth-order valence-electron chi connectivity index (χ4n) is 1.92. The van der Waals surface area contributed by atoms with E-state index in [1.54, 1.807) is 6.07 Å². The minimum absolute atomic E-state index is 0.358. The number of likely N-dealkylation sites (tertiary alicyclic amines) is 1. The molecule has 0 saturated carbocycles. The lowest BCUT2D eigenvalue weighted by molar-refractivity contribution is 0.414. The average Bonchev–Trinajstić information content (AvgIpc) is 2.68. The monoisotopic (exact) mass is 275 g/mol. The first-order chi connectivity index (χ1) is 8.10. The van der Waals surface area contributed by atoms with Crippen LogP contribution in [0.4, 0.5) is 11.6 Å². The number of hydrogen-bond donors (Lipinski definition) is 3. The number of likely N-dealkylation sites (N-methyl/N-ethyl adjacent to an activating group) is 1. The number of pyridine rings is 1. The predicted molar refractivity (Wildman–Crippen MR) is 71.6 cm³/mol. The van der Waals surface area contributed by atoms with Gasteiger partial charge in [0.25, 0.3) is 0 Å². The topological polar surface area (TPSA) is 66.2 Å². The highest BCUT2D eigenvalue weighted by atomic mass is 35.5. The second kappa shape index (κ2) is 5.27. The first kappa shape index (κ1) is 12.7. The number of nitrogens with two attached hydrogens (primary N) is 1. The number of halogens is 2. The van der Waals surface area contributed by atoms with Crippen molar-refractivity contribution in [1.82, 2.24) is 9.88 Å². The molecule has 0 amide bonds. The molecule has 1 aliphatic rings. The summed E-state index contributed by atoms with van der Waals surface area (Å²) in [5, 5.41) is 4.21. The molecule has 0 aromatic carbocycles. The van der Waals surface area contributed by atoms with E-state index in [1.807, 2.05) is 0 Å². The summed E-state index contributed by atoms with van der Waals surface area (Å²) in [6.45, 7) is 2.05. The molecular weight excluding hydrogens is 261 g/mol. The highest BCUT2D eigenvalue weighted by molar-refractivity contribution is 6.37. The number of aromatic nitrogens is 1. The van der Waals surface area contributed by atoms with Crippen LogP contribution in [0.2, 0.25) is 10.0 Å². The highest BCUT2D eigenvalue weighted by Crippen LogP contribution is 2.29. The van der Waals surface area contributed by atoms with Gasteiger partial charge in [-0.25, -0.2) is 10.8 Å². The molecule has 0 radical (unpaired) electrons. The van der Waals surface area contributed by atoms with Gasteiger partial charge in [-0.2, -0.15) is 0 Å². The van der Waals surface area contributed by atoms with Crippen LogP contribution in [0.25, 0.3) is 0 Å². The molecule has 4 N–H and O–H groups in total. The van der Waals surface area contributed by atoms with E-state index in [4.69, 9.17) is 29.0 Å². The SMILES string of the molecule is CN1CCC(Nc2nc(NN)c(Cl)cc2Cl)C1. The zero-order chi connectivity index (χ0) is 12.4. The molecule has 94 valence electrons. The fraction of sp³-hybridized carbons (Fsp3) is 0.500. The number of hydrogen-bond acceptors (Lipinski definition) is 5. The summed E-state index contributed by atoms with van der Waals surface area (Å²) in [5.41, 5.74) is 2.44. The summed E-state index contributed by atoms with van der Waals surface area (Å²) in [6, 6.07) is 1.99. The van der Waals surface area contributed by atoms with Crippen LogP contribution in [0.3, 0.4) is 0 Å². The number of nitrogens with one attached hydrogen (secondary N) is 2. The van der Waals surface area contributed by atoms with Crippen LogP contribution < -0.4 is 16.6 Å². The number of rotatable bonds is 3. The van der Waals surface area contributed by atoms with Crippen molar-refractivity contribution >= 4 is 34.8 Å². The van der Waals surface area contributed by atoms with E-state index in [0.717, 1.165) is 19.5 Å². The van der Waals surface area contributed by atoms with Crippen molar-refractivity contribution in [2.45, 2.75) is 12.5 Å². The molecule has 7 heteroatoms. The van der Waals surface area contributed by atoms with Crippen LogP contribution in [0, 0.1) is 0 Å². The first-order valence-corrected chi connectivity index (χ1v) is 6.13. The van der Waals surface area contributed by atoms with E-state index in [0.29, 0.717) is 27.7 Å². The number of anilines is 2. The Kier molecular flexibility index (Phi) is 3.93. The largest absolute Gasteiger partial charge is 0.365 e. The standard InChI is InChI=1S/C10H15Cl2N5/c1-17-3-2-6(5-17)14-9-7(11)4-8(12)10(15-9)16-13/h4,6H,2-3,5,13H2,1H3,(H2,14,15,16). The smallest absolute Gasteiger partial charge is 0.161 e. The molecule has 1 unspecified atom stereocenters. The molecule has 0 spiro atoms. The molecule has 5 nitrogen and oxygen atoms in total. The molecule has 1 aromatic rings. The number of hydrazine groups is 1. The lowest BCUT2D eigenvalue weighted by Crippen LogP contribution is -2.24. The van der Waals surface area contributed by atoms with Gasteiger partial charge in [-0.1, -0.05) is 23.2 Å². The van der Waals surface area contributed by atoms with Gasteiger partial charge >= 0.3 is 0 Å². The Morgan fingerprint density at radius 3 is 2.71 bits per heavy atom. The Labute approximate surface area is 110 Å². The summed E-state index contributed by atoms with van der Waals surface area (Å²) in [5.74, 6) is 6.36. The zero-order valence-corrected chi connectivity index (χ0v) is 11.0. The molecule has 0 bridgehead atoms. The van der Waals surface area contributed by atoms with Gasteiger partial charge < -0.3 is 15.6 Å². The molecule has 1 aromatic heterocycles. The molecule has 1 fully saturated rings. The Bertz CT molecular complexity index is 412. The van der Waals surface area contributed by atoms with Gasteiger partial charge in [0.1, 0.15) is 5.82 Å². The summed E-state index contributed by atoms with van der Waals surface area (Å²) in [4.78, 5) is 6.50. The Morgan fingerprint density at radius 1 is 1.41 bits per heavy atom. The van der Waals surface area contributed by atoms with Gasteiger partial charge in [0.2, 0.25) is 0 Å². The highest BCUT2D eigenvalue weighted by Gasteiger charge is 2.20. The summed E-state index contributed by atoms with van der Waals surface area (Å²) >= 11 is 12.0. The van der Waals surface area contributed by atoms with E-state index >= 15 is 0 Å². The van der Waals surface area contributed by atoms with Gasteiger partial charge in [-0.15, -0.1) is 0 Å². The van der Waals surface area contributed by atoms with Gasteiger partial charge in [0.15, 0.2) is 5.82 Å². The van der Waals surface area contributed by atoms with Crippen molar-refractivity contribution in [3.63, 3.8) is 0 Å². The molecule has 17 heavy (non-hydrogen) atoms. The molecule has 1 atom stereocenters. The second-order valence-electron chi connectivity index (χ2n) is 4.19. The fourth-order valence-corrected chi connectivity index (χ4v) is 2.38. The zero-order valence-electron chi connectivity index (χ0n) is 9.50. The normalized spacial score (nSPS) is 20.6. The van der Waals surface area contributed by atoms with E-state index in [9.17, 15) is 0 Å². The number of nitrogens with zero attached hydrogens (tertiary/aromatic N) is 2. The number of nitrogen functional groups attached to an aromatic ring is 1. The van der Waals surface area contributed by atoms with Gasteiger partial charge in [0.05, 0.1) is 10.0 Å². The van der Waals surface area contributed by atoms with Crippen LogP contribution >= 0.6 is 23.2 Å². The van der Waals surface area contributed by atoms with Crippen LogP contribution in [-0.2, 0) is 0 Å². The lowest BCUT2D eigenvalue weighted by atomic mass is 10.2. The summed E-state index contributed by atoms with van der Waals surface area (Å²) in [7, 11) is 2.09. The van der Waals surface area contributed by atoms with Crippen molar-refractivity contribution in [3.8, 4) is 0 Å². The van der Waals surface area contributed by atoms with Crippen LogP contribution in [0.5, 0.6) is 0 Å². The van der Waals surface area contributed by atoms with Crippen molar-refractivity contribution < 1.29 is 0 Å². The third-order valence-electron chi connectivity index (χ3n) is 2.80. The average molecular weight is 276 g/mol. The third-order valence-corrected chi connectivity index (χ3v) is 3.37. The maximum absolute atomic E-state index is 6.08. The molecule has 0 aliphatic carbocycles. The molecule has 2 heterocycles. The summed E-state index contributed by atoms with van der Waals surface area (Å²) in [6.07, 6.45) is 1.07. The van der Waals surface area contributed by atoms with E-state index in [1.165, 1.54) is 0 Å². The Morgan fingerprint density at radius 2 is 2.12 bits per heavy atom. The quantitative estimate of drug-likeness (QED) is 0.580. The maximum Gasteiger partial charge on any atom is 0.161 e. The predicted octanol–water partition coefficient (Wildman–Crippen LogP) is 1.79. The minimum Gasteiger partial charge on any atom is -0.365 e. The molecular formula is C10H15Cl2N5. The Hall–Kier alpha value is -0.750. The van der Waals surface area contributed by atoms with Crippen molar-refractivity contribution in [2.24, 2.45) is 5.84 Å².